The minimum absolute atomic E-state index is 0.0958. The number of rotatable bonds is 1. The maximum Gasteiger partial charge on any atom is 0.331 e. The van der Waals surface area contributed by atoms with Crippen molar-refractivity contribution in [2.45, 2.75) is 12.8 Å². The molecule has 3 aliphatic rings. The zero-order chi connectivity index (χ0) is 17.4. The van der Waals surface area contributed by atoms with Crippen LogP contribution in [0.25, 0.3) is 0 Å². The molecule has 0 bridgehead atoms. The lowest BCUT2D eigenvalue weighted by Crippen LogP contribution is -2.60. The summed E-state index contributed by atoms with van der Waals surface area (Å²) >= 11 is 0. The van der Waals surface area contributed by atoms with Crippen LogP contribution in [0.4, 0.5) is 4.79 Å². The number of allylic oxidation sites excluding steroid dienone is 1. The number of carbonyl (C=O) groups excluding carboxylic acids is 3. The van der Waals surface area contributed by atoms with E-state index in [4.69, 9.17) is 4.74 Å². The molecule has 8 nitrogen and oxygen atoms in total. The van der Waals surface area contributed by atoms with Crippen LogP contribution in [0.3, 0.4) is 0 Å². The van der Waals surface area contributed by atoms with Crippen LogP contribution in [0.1, 0.15) is 12.8 Å². The van der Waals surface area contributed by atoms with Gasteiger partial charge in [-0.1, -0.05) is 0 Å². The zero-order valence-corrected chi connectivity index (χ0v) is 14.1. The average Bonchev–Trinajstić information content (AvgIpc) is 2.63. The van der Waals surface area contributed by atoms with Gasteiger partial charge in [-0.2, -0.15) is 0 Å². The maximum absolute atomic E-state index is 12.6. The Morgan fingerprint density at radius 2 is 1.92 bits per heavy atom. The van der Waals surface area contributed by atoms with Crippen LogP contribution >= 0.6 is 0 Å². The third-order valence-electron chi connectivity index (χ3n) is 4.90. The molecule has 1 atom stereocenters. The Kier molecular flexibility index (Phi) is 4.21. The Hall–Kier alpha value is -2.51. The lowest BCUT2D eigenvalue weighted by Gasteiger charge is -2.36. The number of fused-ring (bicyclic) bond motifs is 1. The molecule has 0 spiro atoms. The predicted molar refractivity (Wildman–Crippen MR) is 85.7 cm³/mol. The summed E-state index contributed by atoms with van der Waals surface area (Å²) in [4.78, 5) is 43.2. The van der Waals surface area contributed by atoms with Crippen molar-refractivity contribution in [3.8, 4) is 0 Å². The summed E-state index contributed by atoms with van der Waals surface area (Å²) < 4.78 is 6.91. The molecule has 1 unspecified atom stereocenters. The molecule has 0 N–H and O–H groups in total. The quantitative estimate of drug-likeness (QED) is 0.503. The highest BCUT2D eigenvalue weighted by Crippen LogP contribution is 2.24. The SMILES string of the molecule is COC(=O)C1CC[N+](=C2C=CN=C3C2C(=O)N(C)C(=O)N3C)CC1. The van der Waals surface area contributed by atoms with Crippen molar-refractivity contribution in [1.29, 1.82) is 0 Å². The van der Waals surface area contributed by atoms with Crippen LogP contribution in [0.5, 0.6) is 0 Å². The number of aliphatic imine (C=N–C) groups is 1. The summed E-state index contributed by atoms with van der Waals surface area (Å²) in [5.74, 6) is -0.666. The van der Waals surface area contributed by atoms with Gasteiger partial charge in [0.15, 0.2) is 11.6 Å². The highest BCUT2D eigenvalue weighted by molar-refractivity contribution is 6.30. The summed E-state index contributed by atoms with van der Waals surface area (Å²) in [5.41, 5.74) is 0.833. The Balaban J connectivity index is 1.89. The van der Waals surface area contributed by atoms with E-state index in [1.165, 1.54) is 19.1 Å². The van der Waals surface area contributed by atoms with Gasteiger partial charge in [0, 0.05) is 39.2 Å². The first-order valence-electron chi connectivity index (χ1n) is 7.94. The lowest BCUT2D eigenvalue weighted by atomic mass is 9.92. The van der Waals surface area contributed by atoms with Gasteiger partial charge >= 0.3 is 12.0 Å². The van der Waals surface area contributed by atoms with Crippen LogP contribution < -0.4 is 0 Å². The van der Waals surface area contributed by atoms with Gasteiger partial charge in [0.2, 0.25) is 0 Å². The second-order valence-corrected chi connectivity index (χ2v) is 6.18. The van der Waals surface area contributed by atoms with Gasteiger partial charge in [-0.15, -0.1) is 0 Å². The molecule has 128 valence electrons. The van der Waals surface area contributed by atoms with E-state index in [1.807, 2.05) is 6.08 Å². The molecule has 0 radical (unpaired) electrons. The van der Waals surface area contributed by atoms with Gasteiger partial charge < -0.3 is 4.74 Å². The third-order valence-corrected chi connectivity index (χ3v) is 4.90. The first kappa shape index (κ1) is 16.4. The molecular weight excluding hydrogens is 312 g/mol. The number of hydrogen-bond acceptors (Lipinski definition) is 5. The molecule has 2 fully saturated rings. The van der Waals surface area contributed by atoms with Gasteiger partial charge in [0.1, 0.15) is 18.9 Å². The van der Waals surface area contributed by atoms with Crippen LogP contribution in [0, 0.1) is 11.8 Å². The van der Waals surface area contributed by atoms with Gasteiger partial charge in [0.05, 0.1) is 13.0 Å². The summed E-state index contributed by atoms with van der Waals surface area (Å²) in [6.45, 7) is 1.33. The first-order valence-corrected chi connectivity index (χ1v) is 7.94. The predicted octanol–water partition coefficient (Wildman–Crippen LogP) is 0.0887. The first-order chi connectivity index (χ1) is 11.5. The zero-order valence-electron chi connectivity index (χ0n) is 14.1. The molecule has 0 aliphatic carbocycles. The second kappa shape index (κ2) is 6.18. The highest BCUT2D eigenvalue weighted by atomic mass is 16.5. The van der Waals surface area contributed by atoms with Crippen molar-refractivity contribution < 1.29 is 23.7 Å². The van der Waals surface area contributed by atoms with Crippen molar-refractivity contribution in [2.75, 3.05) is 34.3 Å². The van der Waals surface area contributed by atoms with Crippen molar-refractivity contribution in [2.24, 2.45) is 16.8 Å². The summed E-state index contributed by atoms with van der Waals surface area (Å²) in [6, 6.07) is -0.381. The fourth-order valence-corrected chi connectivity index (χ4v) is 3.45. The summed E-state index contributed by atoms with van der Waals surface area (Å²) in [5, 5.41) is 0. The van der Waals surface area contributed by atoms with Crippen molar-refractivity contribution >= 4 is 29.5 Å². The number of carbonyl (C=O) groups is 3. The number of urea groups is 1. The number of imide groups is 1. The van der Waals surface area contributed by atoms with Gasteiger partial charge in [-0.3, -0.25) is 19.4 Å². The minimum atomic E-state index is -0.572. The third kappa shape index (κ3) is 2.51. The molecule has 3 rings (SSSR count). The van der Waals surface area contributed by atoms with E-state index in [1.54, 1.807) is 13.2 Å². The standard InChI is InChI=1S/C16H21N4O4/c1-18-13-12(14(21)19(2)16(18)23)11(4-7-17-13)20-8-5-10(6-9-20)15(22)24-3/h4,7,10,12H,5-6,8-9H2,1-3H3/q+1. The number of piperidine rings is 1. The van der Waals surface area contributed by atoms with E-state index in [9.17, 15) is 14.4 Å². The van der Waals surface area contributed by atoms with Crippen molar-refractivity contribution in [3.05, 3.63) is 12.3 Å². The molecule has 2 saturated heterocycles. The van der Waals surface area contributed by atoms with Crippen LogP contribution in [-0.4, -0.2) is 78.1 Å². The number of methoxy groups -OCH3 is 1. The second-order valence-electron chi connectivity index (χ2n) is 6.18. The number of nitrogens with zero attached hydrogens (tertiary/aromatic N) is 4. The van der Waals surface area contributed by atoms with Crippen molar-refractivity contribution in [1.82, 2.24) is 9.80 Å². The van der Waals surface area contributed by atoms with Crippen molar-refractivity contribution in [3.63, 3.8) is 0 Å². The van der Waals surface area contributed by atoms with Crippen LogP contribution in [-0.2, 0) is 14.3 Å². The Morgan fingerprint density at radius 3 is 2.54 bits per heavy atom. The average molecular weight is 333 g/mol. The molecular formula is C16H21N4O4+. The molecule has 8 heteroatoms. The topological polar surface area (TPSA) is 82.3 Å². The van der Waals surface area contributed by atoms with E-state index >= 15 is 0 Å². The van der Waals surface area contributed by atoms with Gasteiger partial charge in [-0.05, 0) is 0 Å². The number of amidine groups is 1. The molecule has 3 amide bonds. The fourth-order valence-electron chi connectivity index (χ4n) is 3.45. The monoisotopic (exact) mass is 333 g/mol. The molecule has 0 aromatic rings. The summed E-state index contributed by atoms with van der Waals surface area (Å²) in [7, 11) is 4.51. The van der Waals surface area contributed by atoms with Crippen LogP contribution in [0.15, 0.2) is 17.3 Å². The Morgan fingerprint density at radius 1 is 1.25 bits per heavy atom. The number of esters is 1. The Bertz CT molecular complexity index is 684. The lowest BCUT2D eigenvalue weighted by molar-refractivity contribution is -0.540. The van der Waals surface area contributed by atoms with E-state index in [0.717, 1.165) is 10.6 Å². The number of ether oxygens (including phenoxy) is 1. The smallest absolute Gasteiger partial charge is 0.331 e. The molecule has 0 aromatic heterocycles. The molecule has 0 saturated carbocycles. The molecule has 0 aromatic carbocycles. The fraction of sp³-hybridized carbons (Fsp3) is 0.562. The maximum atomic E-state index is 12.6. The number of amides is 3. The Labute approximate surface area is 140 Å². The van der Waals surface area contributed by atoms with Gasteiger partial charge in [-0.25, -0.2) is 14.4 Å². The minimum Gasteiger partial charge on any atom is -0.469 e. The largest absolute Gasteiger partial charge is 0.469 e. The summed E-state index contributed by atoms with van der Waals surface area (Å²) in [6.07, 6.45) is 4.81. The number of hydrogen-bond donors (Lipinski definition) is 0. The van der Waals surface area contributed by atoms with E-state index in [0.29, 0.717) is 31.8 Å². The van der Waals surface area contributed by atoms with Gasteiger partial charge in [0.25, 0.3) is 5.91 Å². The normalized spacial score (nSPS) is 27.2. The molecule has 24 heavy (non-hydrogen) atoms. The van der Waals surface area contributed by atoms with Crippen LogP contribution in [0.2, 0.25) is 0 Å². The highest BCUT2D eigenvalue weighted by Gasteiger charge is 2.47. The molecule has 3 aliphatic heterocycles. The van der Waals surface area contributed by atoms with E-state index in [-0.39, 0.29) is 23.8 Å². The van der Waals surface area contributed by atoms with E-state index in [2.05, 4.69) is 9.57 Å². The van der Waals surface area contributed by atoms with E-state index < -0.39 is 5.92 Å². The molecule has 3 heterocycles.